The van der Waals surface area contributed by atoms with Gasteiger partial charge in [-0.1, -0.05) is 0 Å². The summed E-state index contributed by atoms with van der Waals surface area (Å²) in [6, 6.07) is 2.24. The van der Waals surface area contributed by atoms with Gasteiger partial charge in [0.15, 0.2) is 0 Å². The largest absolute Gasteiger partial charge is 0.381 e. The lowest BCUT2D eigenvalue weighted by Crippen LogP contribution is -2.57. The molecule has 1 atom stereocenters. The molecule has 19 heavy (non-hydrogen) atoms. The molecule has 2 heterocycles. The molecule has 2 rings (SSSR count). The fourth-order valence-corrected chi connectivity index (χ4v) is 3.00. The van der Waals surface area contributed by atoms with Crippen molar-refractivity contribution in [1.82, 2.24) is 4.90 Å². The minimum atomic E-state index is -0.897. The van der Waals surface area contributed by atoms with Gasteiger partial charge in [0.2, 0.25) is 5.91 Å². The SMILES string of the molecule is CC1CN(C(=O)C2(C#N)CCOCC2)CC(C)(C)O1. The third-order valence-electron chi connectivity index (χ3n) is 3.83. The van der Waals surface area contributed by atoms with Crippen LogP contribution < -0.4 is 0 Å². The summed E-state index contributed by atoms with van der Waals surface area (Å²) >= 11 is 0. The van der Waals surface area contributed by atoms with Gasteiger partial charge >= 0.3 is 0 Å². The van der Waals surface area contributed by atoms with Crippen LogP contribution in [-0.4, -0.2) is 48.8 Å². The molecular formula is C14H22N2O3. The Morgan fingerprint density at radius 3 is 2.53 bits per heavy atom. The molecule has 5 nitrogen and oxygen atoms in total. The van der Waals surface area contributed by atoms with Crippen LogP contribution in [0.15, 0.2) is 0 Å². The minimum Gasteiger partial charge on any atom is -0.381 e. The summed E-state index contributed by atoms with van der Waals surface area (Å²) in [6.07, 6.45) is 0.992. The summed E-state index contributed by atoms with van der Waals surface area (Å²) in [5.74, 6) is -0.0541. The first-order chi connectivity index (χ1) is 8.88. The second kappa shape index (κ2) is 5.10. The van der Waals surface area contributed by atoms with Crippen molar-refractivity contribution in [1.29, 1.82) is 5.26 Å². The quantitative estimate of drug-likeness (QED) is 0.718. The van der Waals surface area contributed by atoms with Gasteiger partial charge in [-0.2, -0.15) is 5.26 Å². The first-order valence-electron chi connectivity index (χ1n) is 6.85. The van der Waals surface area contributed by atoms with E-state index in [1.807, 2.05) is 20.8 Å². The van der Waals surface area contributed by atoms with E-state index in [2.05, 4.69) is 6.07 Å². The predicted octanol–water partition coefficient (Wildman–Crippen LogP) is 1.33. The summed E-state index contributed by atoms with van der Waals surface area (Å²) < 4.78 is 11.1. The topological polar surface area (TPSA) is 62.6 Å². The van der Waals surface area contributed by atoms with Gasteiger partial charge in [-0.3, -0.25) is 4.79 Å². The molecule has 2 saturated heterocycles. The highest BCUT2D eigenvalue weighted by Crippen LogP contribution is 2.34. The molecule has 1 unspecified atom stereocenters. The Bertz CT molecular complexity index is 394. The molecule has 0 N–H and O–H groups in total. The third-order valence-corrected chi connectivity index (χ3v) is 3.83. The molecule has 0 radical (unpaired) electrons. The molecular weight excluding hydrogens is 244 g/mol. The van der Waals surface area contributed by atoms with Gasteiger partial charge in [-0.15, -0.1) is 0 Å². The van der Waals surface area contributed by atoms with Gasteiger partial charge in [0.05, 0.1) is 17.8 Å². The second-order valence-electron chi connectivity index (χ2n) is 6.18. The van der Waals surface area contributed by atoms with Crippen LogP contribution in [0, 0.1) is 16.7 Å². The number of hydrogen-bond acceptors (Lipinski definition) is 4. The zero-order valence-electron chi connectivity index (χ0n) is 11.9. The number of carbonyl (C=O) groups is 1. The van der Waals surface area contributed by atoms with Crippen molar-refractivity contribution >= 4 is 5.91 Å². The fourth-order valence-electron chi connectivity index (χ4n) is 3.00. The van der Waals surface area contributed by atoms with Crippen molar-refractivity contribution in [3.63, 3.8) is 0 Å². The van der Waals surface area contributed by atoms with Gasteiger partial charge in [0.1, 0.15) is 5.41 Å². The van der Waals surface area contributed by atoms with E-state index in [0.29, 0.717) is 39.1 Å². The Labute approximate surface area is 114 Å². The molecule has 0 aliphatic carbocycles. The molecule has 0 bridgehead atoms. The molecule has 106 valence electrons. The Hall–Kier alpha value is -1.12. The maximum absolute atomic E-state index is 12.7. The summed E-state index contributed by atoms with van der Waals surface area (Å²) in [6.45, 7) is 8.00. The number of hydrogen-bond donors (Lipinski definition) is 0. The van der Waals surface area contributed by atoms with E-state index in [1.54, 1.807) is 4.90 Å². The lowest BCUT2D eigenvalue weighted by Gasteiger charge is -2.44. The van der Waals surface area contributed by atoms with Crippen LogP contribution in [-0.2, 0) is 14.3 Å². The van der Waals surface area contributed by atoms with Gasteiger partial charge in [0.25, 0.3) is 0 Å². The van der Waals surface area contributed by atoms with E-state index in [9.17, 15) is 10.1 Å². The molecule has 0 saturated carbocycles. The number of amides is 1. The molecule has 2 fully saturated rings. The number of nitrogens with zero attached hydrogens (tertiary/aromatic N) is 2. The highest BCUT2D eigenvalue weighted by molar-refractivity contribution is 5.85. The number of morpholine rings is 1. The van der Waals surface area contributed by atoms with Crippen LogP contribution in [0.3, 0.4) is 0 Å². The highest BCUT2D eigenvalue weighted by Gasteiger charge is 2.46. The lowest BCUT2D eigenvalue weighted by molar-refractivity contribution is -0.167. The molecule has 2 aliphatic heterocycles. The number of rotatable bonds is 1. The van der Waals surface area contributed by atoms with Gasteiger partial charge in [-0.05, 0) is 33.6 Å². The van der Waals surface area contributed by atoms with E-state index in [1.165, 1.54) is 0 Å². The summed E-state index contributed by atoms with van der Waals surface area (Å²) in [5, 5.41) is 9.45. The van der Waals surface area contributed by atoms with Crippen molar-refractivity contribution in [2.24, 2.45) is 5.41 Å². The van der Waals surface area contributed by atoms with Gasteiger partial charge < -0.3 is 14.4 Å². The lowest BCUT2D eigenvalue weighted by atomic mass is 9.80. The number of carbonyl (C=O) groups excluding carboxylic acids is 1. The molecule has 0 aromatic carbocycles. The second-order valence-corrected chi connectivity index (χ2v) is 6.18. The van der Waals surface area contributed by atoms with Crippen LogP contribution in [0.25, 0.3) is 0 Å². The van der Waals surface area contributed by atoms with Crippen molar-refractivity contribution in [3.8, 4) is 6.07 Å². The highest BCUT2D eigenvalue weighted by atomic mass is 16.5. The molecule has 5 heteroatoms. The van der Waals surface area contributed by atoms with E-state index >= 15 is 0 Å². The fraction of sp³-hybridized carbons (Fsp3) is 0.857. The zero-order chi connectivity index (χ0) is 14.1. The minimum absolute atomic E-state index is 0.00304. The normalized spacial score (nSPS) is 29.6. The first kappa shape index (κ1) is 14.3. The summed E-state index contributed by atoms with van der Waals surface area (Å²) in [4.78, 5) is 14.5. The Kier molecular flexibility index (Phi) is 3.84. The van der Waals surface area contributed by atoms with Crippen LogP contribution in [0.5, 0.6) is 0 Å². The standard InChI is InChI=1S/C14H22N2O3/c1-11-8-16(10-13(2,3)19-11)12(17)14(9-15)4-6-18-7-5-14/h11H,4-8,10H2,1-3H3. The van der Waals surface area contributed by atoms with Gasteiger partial charge in [-0.25, -0.2) is 0 Å². The maximum atomic E-state index is 12.7. The van der Waals surface area contributed by atoms with Crippen molar-refractivity contribution in [3.05, 3.63) is 0 Å². The van der Waals surface area contributed by atoms with E-state index in [-0.39, 0.29) is 17.6 Å². The van der Waals surface area contributed by atoms with Crippen LogP contribution >= 0.6 is 0 Å². The van der Waals surface area contributed by atoms with Crippen molar-refractivity contribution < 1.29 is 14.3 Å². The van der Waals surface area contributed by atoms with Crippen molar-refractivity contribution in [2.45, 2.75) is 45.3 Å². The maximum Gasteiger partial charge on any atom is 0.243 e. The van der Waals surface area contributed by atoms with E-state index < -0.39 is 5.41 Å². The third kappa shape index (κ3) is 2.90. The van der Waals surface area contributed by atoms with E-state index in [4.69, 9.17) is 9.47 Å². The number of nitriles is 1. The zero-order valence-corrected chi connectivity index (χ0v) is 11.9. The molecule has 0 aromatic rings. The van der Waals surface area contributed by atoms with Crippen molar-refractivity contribution in [2.75, 3.05) is 26.3 Å². The average Bonchev–Trinajstić information content (AvgIpc) is 2.36. The van der Waals surface area contributed by atoms with Crippen LogP contribution in [0.1, 0.15) is 33.6 Å². The Morgan fingerprint density at radius 2 is 2.00 bits per heavy atom. The monoisotopic (exact) mass is 266 g/mol. The smallest absolute Gasteiger partial charge is 0.243 e. The average molecular weight is 266 g/mol. The first-order valence-corrected chi connectivity index (χ1v) is 6.85. The Balaban J connectivity index is 2.16. The molecule has 0 aromatic heterocycles. The summed E-state index contributed by atoms with van der Waals surface area (Å²) in [7, 11) is 0. The Morgan fingerprint density at radius 1 is 1.37 bits per heavy atom. The van der Waals surface area contributed by atoms with Crippen LogP contribution in [0.4, 0.5) is 0 Å². The van der Waals surface area contributed by atoms with Gasteiger partial charge in [0, 0.05) is 26.3 Å². The predicted molar refractivity (Wildman–Crippen MR) is 69.3 cm³/mol. The number of ether oxygens (including phenoxy) is 2. The van der Waals surface area contributed by atoms with E-state index in [0.717, 1.165) is 0 Å². The molecule has 1 amide bonds. The van der Waals surface area contributed by atoms with Crippen LogP contribution in [0.2, 0.25) is 0 Å². The molecule has 2 aliphatic rings. The summed E-state index contributed by atoms with van der Waals surface area (Å²) in [5.41, 5.74) is -1.25. The molecule has 0 spiro atoms.